The largest absolute Gasteiger partial charge is 0.493 e. The number of Topliss-reactive ketones (excluding diaryl/α,β-unsaturated/α-hetero) is 1. The number of ether oxygens (including phenoxy) is 1. The third-order valence-corrected chi connectivity index (χ3v) is 2.51. The van der Waals surface area contributed by atoms with Crippen LogP contribution >= 0.6 is 0 Å². The Morgan fingerprint density at radius 3 is 2.56 bits per heavy atom. The Morgan fingerprint density at radius 1 is 1.50 bits per heavy atom. The summed E-state index contributed by atoms with van der Waals surface area (Å²) in [5.41, 5.74) is 0.440. The normalized spacial score (nSPS) is 11.9. The number of ketones is 1. The zero-order valence-corrected chi connectivity index (χ0v) is 12.1. The van der Waals surface area contributed by atoms with Gasteiger partial charge in [0.15, 0.2) is 11.5 Å². The number of nitrogens with zero attached hydrogens (tertiary/aromatic N) is 2. The Labute approximate surface area is 109 Å². The minimum absolute atomic E-state index is 0.00650. The highest BCUT2D eigenvalue weighted by Gasteiger charge is 2.22. The van der Waals surface area contributed by atoms with E-state index >= 15 is 0 Å². The first kappa shape index (κ1) is 14.7. The fourth-order valence-electron chi connectivity index (χ4n) is 1.58. The molecule has 102 valence electrons. The zero-order chi connectivity index (χ0) is 13.9. The number of rotatable bonds is 5. The number of hydrogen-bond acceptors (Lipinski definition) is 4. The third kappa shape index (κ3) is 3.57. The summed E-state index contributed by atoms with van der Waals surface area (Å²) < 4.78 is 6.90. The van der Waals surface area contributed by atoms with Gasteiger partial charge in [0, 0.05) is 11.6 Å². The lowest BCUT2D eigenvalue weighted by atomic mass is 10.1. The highest BCUT2D eigenvalue weighted by molar-refractivity contribution is 5.98. The molecule has 5 nitrogen and oxygen atoms in total. The summed E-state index contributed by atoms with van der Waals surface area (Å²) in [7, 11) is 1.55. The van der Waals surface area contributed by atoms with Crippen LogP contribution in [-0.4, -0.2) is 34.8 Å². The number of carbonyl (C=O) groups is 1. The number of carbonyl (C=O) groups excluding carboxylic acids is 1. The number of methoxy groups -OCH3 is 1. The van der Waals surface area contributed by atoms with Crippen molar-refractivity contribution in [1.29, 1.82) is 0 Å². The van der Waals surface area contributed by atoms with Gasteiger partial charge in [-0.15, -0.1) is 0 Å². The molecule has 0 fully saturated rings. The van der Waals surface area contributed by atoms with Crippen LogP contribution in [0.4, 0.5) is 0 Å². The predicted molar refractivity (Wildman–Crippen MR) is 71.3 cm³/mol. The van der Waals surface area contributed by atoms with Crippen molar-refractivity contribution < 1.29 is 9.53 Å². The van der Waals surface area contributed by atoms with Crippen LogP contribution in [0.2, 0.25) is 0 Å². The smallest absolute Gasteiger partial charge is 0.198 e. The molecular weight excluding hydrogens is 230 g/mol. The predicted octanol–water partition coefficient (Wildman–Crippen LogP) is 2.04. The van der Waals surface area contributed by atoms with E-state index in [4.69, 9.17) is 4.74 Å². The van der Waals surface area contributed by atoms with Crippen molar-refractivity contribution in [3.8, 4) is 5.75 Å². The van der Waals surface area contributed by atoms with Crippen molar-refractivity contribution in [3.63, 3.8) is 0 Å². The molecular formula is C13H23N3O2. The van der Waals surface area contributed by atoms with Gasteiger partial charge in [-0.25, -0.2) is 0 Å². The van der Waals surface area contributed by atoms with E-state index < -0.39 is 0 Å². The van der Waals surface area contributed by atoms with Crippen LogP contribution in [0.5, 0.6) is 5.75 Å². The topological polar surface area (TPSA) is 56.2 Å². The Hall–Kier alpha value is -1.36. The fourth-order valence-corrected chi connectivity index (χ4v) is 1.58. The van der Waals surface area contributed by atoms with Gasteiger partial charge in [0.1, 0.15) is 5.69 Å². The second-order valence-corrected chi connectivity index (χ2v) is 5.63. The SMILES string of the molecule is COc1cnn(C(C)C)c1C(=O)CNC(C)(C)C. The molecule has 0 saturated carbocycles. The molecule has 1 rings (SSSR count). The minimum Gasteiger partial charge on any atom is -0.493 e. The Kier molecular flexibility index (Phi) is 4.51. The molecule has 0 unspecified atom stereocenters. The van der Waals surface area contributed by atoms with Crippen LogP contribution in [0, 0.1) is 0 Å². The Balaban J connectivity index is 2.93. The van der Waals surface area contributed by atoms with Crippen LogP contribution in [-0.2, 0) is 0 Å². The van der Waals surface area contributed by atoms with Gasteiger partial charge in [0.2, 0.25) is 0 Å². The van der Waals surface area contributed by atoms with Gasteiger partial charge in [-0.2, -0.15) is 5.10 Å². The second kappa shape index (κ2) is 5.52. The van der Waals surface area contributed by atoms with Crippen LogP contribution in [0.1, 0.15) is 51.1 Å². The van der Waals surface area contributed by atoms with Crippen molar-refractivity contribution in [1.82, 2.24) is 15.1 Å². The Morgan fingerprint density at radius 2 is 2.11 bits per heavy atom. The molecule has 5 heteroatoms. The molecule has 1 N–H and O–H groups in total. The summed E-state index contributed by atoms with van der Waals surface area (Å²) in [6.07, 6.45) is 1.59. The summed E-state index contributed by atoms with van der Waals surface area (Å²) in [5.74, 6) is 0.525. The molecule has 0 spiro atoms. The molecule has 1 heterocycles. The molecule has 1 aromatic heterocycles. The molecule has 0 atom stereocenters. The highest BCUT2D eigenvalue weighted by atomic mass is 16.5. The van der Waals surface area contributed by atoms with Crippen LogP contribution in [0.3, 0.4) is 0 Å². The summed E-state index contributed by atoms with van der Waals surface area (Å²) >= 11 is 0. The van der Waals surface area contributed by atoms with Gasteiger partial charge in [0.05, 0.1) is 19.9 Å². The molecule has 1 aromatic rings. The molecule has 0 radical (unpaired) electrons. The summed E-state index contributed by atoms with van der Waals surface area (Å²) in [5, 5.41) is 7.38. The molecule has 0 aliphatic carbocycles. The average Bonchev–Trinajstić information content (AvgIpc) is 2.68. The van der Waals surface area contributed by atoms with Gasteiger partial charge >= 0.3 is 0 Å². The average molecular weight is 253 g/mol. The maximum atomic E-state index is 12.3. The van der Waals surface area contributed by atoms with E-state index in [-0.39, 0.29) is 23.9 Å². The summed E-state index contributed by atoms with van der Waals surface area (Å²) in [6, 6.07) is 0.127. The lowest BCUT2D eigenvalue weighted by molar-refractivity contribution is 0.0966. The quantitative estimate of drug-likeness (QED) is 0.816. The van der Waals surface area contributed by atoms with Gasteiger partial charge in [-0.1, -0.05) is 0 Å². The van der Waals surface area contributed by atoms with Gasteiger partial charge in [0.25, 0.3) is 0 Å². The summed E-state index contributed by atoms with van der Waals surface area (Å²) in [6.45, 7) is 10.3. The van der Waals surface area contributed by atoms with Gasteiger partial charge < -0.3 is 10.1 Å². The first-order chi connectivity index (χ1) is 8.26. The lowest BCUT2D eigenvalue weighted by Gasteiger charge is -2.20. The molecule has 0 bridgehead atoms. The number of aromatic nitrogens is 2. The van der Waals surface area contributed by atoms with E-state index in [1.54, 1.807) is 18.0 Å². The molecule has 0 aromatic carbocycles. The number of hydrogen-bond donors (Lipinski definition) is 1. The zero-order valence-electron chi connectivity index (χ0n) is 12.1. The third-order valence-electron chi connectivity index (χ3n) is 2.51. The molecule has 0 aliphatic rings. The van der Waals surface area contributed by atoms with E-state index in [0.29, 0.717) is 11.4 Å². The van der Waals surface area contributed by atoms with Gasteiger partial charge in [-0.3, -0.25) is 9.48 Å². The van der Waals surface area contributed by atoms with Crippen molar-refractivity contribution in [2.45, 2.75) is 46.2 Å². The van der Waals surface area contributed by atoms with Crippen molar-refractivity contribution in [3.05, 3.63) is 11.9 Å². The van der Waals surface area contributed by atoms with E-state index in [1.165, 1.54) is 0 Å². The fraction of sp³-hybridized carbons (Fsp3) is 0.692. The van der Waals surface area contributed by atoms with Crippen LogP contribution in [0.25, 0.3) is 0 Å². The van der Waals surface area contributed by atoms with E-state index in [2.05, 4.69) is 10.4 Å². The molecule has 18 heavy (non-hydrogen) atoms. The summed E-state index contributed by atoms with van der Waals surface area (Å²) in [4.78, 5) is 12.3. The standard InChI is InChI=1S/C13H23N3O2/c1-9(2)16-12(11(18-6)8-15-16)10(17)7-14-13(3,4)5/h8-9,14H,7H2,1-6H3. The first-order valence-corrected chi connectivity index (χ1v) is 6.16. The van der Waals surface area contributed by atoms with E-state index in [9.17, 15) is 4.79 Å². The highest BCUT2D eigenvalue weighted by Crippen LogP contribution is 2.21. The molecule has 0 amide bonds. The number of nitrogens with one attached hydrogen (secondary N) is 1. The van der Waals surface area contributed by atoms with Crippen LogP contribution < -0.4 is 10.1 Å². The van der Waals surface area contributed by atoms with Crippen molar-refractivity contribution in [2.75, 3.05) is 13.7 Å². The first-order valence-electron chi connectivity index (χ1n) is 6.16. The van der Waals surface area contributed by atoms with E-state index in [0.717, 1.165) is 0 Å². The molecule has 0 aliphatic heterocycles. The maximum absolute atomic E-state index is 12.3. The minimum atomic E-state index is -0.0917. The second-order valence-electron chi connectivity index (χ2n) is 5.63. The van der Waals surface area contributed by atoms with Crippen LogP contribution in [0.15, 0.2) is 6.20 Å². The maximum Gasteiger partial charge on any atom is 0.198 e. The van der Waals surface area contributed by atoms with Crippen molar-refractivity contribution in [2.24, 2.45) is 0 Å². The van der Waals surface area contributed by atoms with E-state index in [1.807, 2.05) is 34.6 Å². The van der Waals surface area contributed by atoms with Crippen molar-refractivity contribution >= 4 is 5.78 Å². The monoisotopic (exact) mass is 253 g/mol. The Bertz CT molecular complexity index is 416. The molecule has 0 saturated heterocycles. The lowest BCUT2D eigenvalue weighted by Crippen LogP contribution is -2.40. The van der Waals surface area contributed by atoms with Gasteiger partial charge in [-0.05, 0) is 34.6 Å².